The van der Waals surface area contributed by atoms with Crippen LogP contribution in [-0.2, 0) is 0 Å². The summed E-state index contributed by atoms with van der Waals surface area (Å²) < 4.78 is 14.4. The zero-order chi connectivity index (χ0) is 20.1. The number of para-hydroxylation sites is 1. The van der Waals surface area contributed by atoms with E-state index in [1.54, 1.807) is 11.0 Å². The SMILES string of the molecule is CCN(C(=O)c1cccc(F)c1-n1nccn1)C(C)CNc1ncc(Cl)cn1. The Balaban J connectivity index is 1.80. The lowest BCUT2D eigenvalue weighted by Gasteiger charge is -2.29. The second kappa shape index (κ2) is 8.75. The second-order valence-corrected chi connectivity index (χ2v) is 6.44. The van der Waals surface area contributed by atoms with Crippen LogP contribution in [0.2, 0.25) is 5.02 Å². The molecule has 0 aliphatic heterocycles. The Morgan fingerprint density at radius 1 is 1.29 bits per heavy atom. The highest BCUT2D eigenvalue weighted by Gasteiger charge is 2.25. The molecule has 28 heavy (non-hydrogen) atoms. The number of halogens is 2. The fourth-order valence-corrected chi connectivity index (χ4v) is 2.88. The van der Waals surface area contributed by atoms with Gasteiger partial charge in [-0.15, -0.1) is 4.80 Å². The molecule has 1 aromatic carbocycles. The van der Waals surface area contributed by atoms with Crippen molar-refractivity contribution in [2.24, 2.45) is 0 Å². The van der Waals surface area contributed by atoms with E-state index < -0.39 is 5.82 Å². The van der Waals surface area contributed by atoms with E-state index in [1.807, 2.05) is 13.8 Å². The largest absolute Gasteiger partial charge is 0.352 e. The molecule has 0 spiro atoms. The van der Waals surface area contributed by atoms with Crippen LogP contribution in [0.4, 0.5) is 10.3 Å². The van der Waals surface area contributed by atoms with Crippen LogP contribution in [-0.4, -0.2) is 54.9 Å². The van der Waals surface area contributed by atoms with Crippen LogP contribution in [0.15, 0.2) is 43.0 Å². The molecule has 8 nitrogen and oxygen atoms in total. The summed E-state index contributed by atoms with van der Waals surface area (Å²) in [6, 6.07) is 4.12. The van der Waals surface area contributed by atoms with Gasteiger partial charge in [-0.05, 0) is 26.0 Å². The maximum atomic E-state index is 14.4. The van der Waals surface area contributed by atoms with E-state index in [1.165, 1.54) is 36.9 Å². The Kier molecular flexibility index (Phi) is 6.15. The number of nitrogens with one attached hydrogen (secondary N) is 1. The molecule has 0 saturated carbocycles. The summed E-state index contributed by atoms with van der Waals surface area (Å²) in [4.78, 5) is 24.0. The van der Waals surface area contributed by atoms with Crippen LogP contribution < -0.4 is 5.32 Å². The lowest BCUT2D eigenvalue weighted by atomic mass is 10.1. The number of nitrogens with zero attached hydrogens (tertiary/aromatic N) is 6. The fraction of sp³-hybridized carbons (Fsp3) is 0.278. The van der Waals surface area contributed by atoms with E-state index in [9.17, 15) is 9.18 Å². The number of carbonyl (C=O) groups excluding carboxylic acids is 1. The van der Waals surface area contributed by atoms with Crippen LogP contribution in [0.1, 0.15) is 24.2 Å². The third-order valence-electron chi connectivity index (χ3n) is 4.15. The van der Waals surface area contributed by atoms with Crippen LogP contribution in [0, 0.1) is 5.82 Å². The van der Waals surface area contributed by atoms with Crippen molar-refractivity contribution < 1.29 is 9.18 Å². The molecule has 1 amide bonds. The summed E-state index contributed by atoms with van der Waals surface area (Å²) in [7, 11) is 0. The van der Waals surface area contributed by atoms with E-state index in [0.29, 0.717) is 24.1 Å². The van der Waals surface area contributed by atoms with Gasteiger partial charge in [-0.3, -0.25) is 4.79 Å². The lowest BCUT2D eigenvalue weighted by molar-refractivity contribution is 0.0711. The first-order valence-electron chi connectivity index (χ1n) is 8.68. The van der Waals surface area contributed by atoms with Crippen molar-refractivity contribution in [2.75, 3.05) is 18.4 Å². The molecule has 0 fully saturated rings. The molecule has 0 bridgehead atoms. The minimum atomic E-state index is -0.571. The van der Waals surface area contributed by atoms with Crippen LogP contribution in [0.5, 0.6) is 0 Å². The highest BCUT2D eigenvalue weighted by molar-refractivity contribution is 6.30. The number of carbonyl (C=O) groups is 1. The van der Waals surface area contributed by atoms with Gasteiger partial charge >= 0.3 is 0 Å². The first kappa shape index (κ1) is 19.7. The topological polar surface area (TPSA) is 88.8 Å². The van der Waals surface area contributed by atoms with Crippen molar-refractivity contribution in [1.29, 1.82) is 0 Å². The standard InChI is InChI=1S/C18H19ClFN7O/c1-3-26(12(2)9-21-18-22-10-13(19)11-23-18)17(28)14-5-4-6-15(20)16(14)27-24-7-8-25-27/h4-8,10-12H,3,9H2,1-2H3,(H,21,22,23). The molecule has 0 aliphatic rings. The monoisotopic (exact) mass is 403 g/mol. The van der Waals surface area contributed by atoms with Gasteiger partial charge in [-0.1, -0.05) is 17.7 Å². The highest BCUT2D eigenvalue weighted by Crippen LogP contribution is 2.20. The minimum Gasteiger partial charge on any atom is -0.352 e. The normalized spacial score (nSPS) is 11.9. The van der Waals surface area contributed by atoms with Crippen LogP contribution in [0.25, 0.3) is 5.69 Å². The van der Waals surface area contributed by atoms with E-state index in [2.05, 4.69) is 25.5 Å². The van der Waals surface area contributed by atoms with Crippen molar-refractivity contribution in [3.8, 4) is 5.69 Å². The number of hydrogen-bond acceptors (Lipinski definition) is 6. The van der Waals surface area contributed by atoms with Crippen LogP contribution in [0.3, 0.4) is 0 Å². The third kappa shape index (κ3) is 4.25. The van der Waals surface area contributed by atoms with Crippen molar-refractivity contribution >= 4 is 23.5 Å². The quantitative estimate of drug-likeness (QED) is 0.652. The molecule has 146 valence electrons. The average Bonchev–Trinajstić information content (AvgIpc) is 3.22. The Hall–Kier alpha value is -3.07. The van der Waals surface area contributed by atoms with Gasteiger partial charge in [0.2, 0.25) is 5.95 Å². The Labute approximate surface area is 166 Å². The van der Waals surface area contributed by atoms with Gasteiger partial charge in [0.15, 0.2) is 5.82 Å². The summed E-state index contributed by atoms with van der Waals surface area (Å²) >= 11 is 5.78. The number of amides is 1. The molecule has 2 heterocycles. The Bertz CT molecular complexity index is 934. The molecular formula is C18H19ClFN7O. The van der Waals surface area contributed by atoms with Crippen LogP contribution >= 0.6 is 11.6 Å². The zero-order valence-corrected chi connectivity index (χ0v) is 16.1. The van der Waals surface area contributed by atoms with Gasteiger partial charge in [0.1, 0.15) is 5.69 Å². The highest BCUT2D eigenvalue weighted by atomic mass is 35.5. The van der Waals surface area contributed by atoms with Gasteiger partial charge < -0.3 is 10.2 Å². The van der Waals surface area contributed by atoms with Gasteiger partial charge in [0, 0.05) is 19.1 Å². The molecule has 3 aromatic rings. The molecule has 0 aliphatic carbocycles. The molecule has 0 saturated heterocycles. The number of rotatable bonds is 7. The van der Waals surface area contributed by atoms with Crippen molar-refractivity contribution in [1.82, 2.24) is 29.9 Å². The first-order chi connectivity index (χ1) is 13.5. The van der Waals surface area contributed by atoms with Gasteiger partial charge in [0.05, 0.1) is 35.4 Å². The number of aromatic nitrogens is 5. The van der Waals surface area contributed by atoms with Crippen molar-refractivity contribution in [3.05, 3.63) is 59.4 Å². The maximum absolute atomic E-state index is 14.4. The smallest absolute Gasteiger partial charge is 0.256 e. The van der Waals surface area contributed by atoms with Gasteiger partial charge in [0.25, 0.3) is 5.91 Å². The molecule has 0 radical (unpaired) electrons. The number of likely N-dealkylation sites (N-methyl/N-ethyl adjacent to an activating group) is 1. The summed E-state index contributed by atoms with van der Waals surface area (Å²) in [6.45, 7) is 4.59. The van der Waals surface area contributed by atoms with E-state index in [-0.39, 0.29) is 23.2 Å². The molecule has 3 rings (SSSR count). The maximum Gasteiger partial charge on any atom is 0.256 e. The van der Waals surface area contributed by atoms with E-state index >= 15 is 0 Å². The zero-order valence-electron chi connectivity index (χ0n) is 15.4. The molecule has 2 aromatic heterocycles. The average molecular weight is 404 g/mol. The molecule has 1 atom stereocenters. The summed E-state index contributed by atoms with van der Waals surface area (Å²) in [5.74, 6) is -0.481. The summed E-state index contributed by atoms with van der Waals surface area (Å²) in [5.41, 5.74) is 0.213. The van der Waals surface area contributed by atoms with E-state index in [4.69, 9.17) is 11.6 Å². The molecule has 1 unspecified atom stereocenters. The van der Waals surface area contributed by atoms with E-state index in [0.717, 1.165) is 4.80 Å². The predicted octanol–water partition coefficient (Wildman–Crippen LogP) is 2.81. The van der Waals surface area contributed by atoms with Crippen molar-refractivity contribution in [2.45, 2.75) is 19.9 Å². The van der Waals surface area contributed by atoms with Crippen molar-refractivity contribution in [3.63, 3.8) is 0 Å². The molecule has 1 N–H and O–H groups in total. The second-order valence-electron chi connectivity index (χ2n) is 6.00. The third-order valence-corrected chi connectivity index (χ3v) is 4.34. The summed E-state index contributed by atoms with van der Waals surface area (Å²) in [6.07, 6.45) is 5.83. The lowest BCUT2D eigenvalue weighted by Crippen LogP contribution is -2.42. The minimum absolute atomic E-state index is 0.0251. The number of anilines is 1. The Morgan fingerprint density at radius 2 is 1.96 bits per heavy atom. The van der Waals surface area contributed by atoms with Gasteiger partial charge in [-0.25, -0.2) is 14.4 Å². The predicted molar refractivity (Wildman–Crippen MR) is 103 cm³/mol. The summed E-state index contributed by atoms with van der Waals surface area (Å²) in [5, 5.41) is 11.4. The first-order valence-corrected chi connectivity index (χ1v) is 9.06. The molecule has 10 heteroatoms. The number of hydrogen-bond donors (Lipinski definition) is 1. The number of benzene rings is 1. The fourth-order valence-electron chi connectivity index (χ4n) is 2.79. The molecular weight excluding hydrogens is 385 g/mol. The Morgan fingerprint density at radius 3 is 2.61 bits per heavy atom. The van der Waals surface area contributed by atoms with Gasteiger partial charge in [-0.2, -0.15) is 10.2 Å².